The fourth-order valence-corrected chi connectivity index (χ4v) is 3.88. The number of aromatic amines is 1. The van der Waals surface area contributed by atoms with Crippen LogP contribution >= 0.6 is 11.3 Å². The normalized spacial score (nSPS) is 10.8. The van der Waals surface area contributed by atoms with Gasteiger partial charge in [-0.15, -0.1) is 11.3 Å². The third kappa shape index (κ3) is 4.56. The molecule has 3 N–H and O–H groups in total. The Balaban J connectivity index is 1.68. The predicted octanol–water partition coefficient (Wildman–Crippen LogP) is 3.88. The van der Waals surface area contributed by atoms with E-state index in [1.165, 1.54) is 4.68 Å². The Hall–Kier alpha value is -3.72. The van der Waals surface area contributed by atoms with Crippen molar-refractivity contribution in [3.05, 3.63) is 80.4 Å². The molecule has 4 aromatic rings. The van der Waals surface area contributed by atoms with Crippen molar-refractivity contribution in [1.29, 1.82) is 0 Å². The zero-order valence-electron chi connectivity index (χ0n) is 17.2. The number of hydrogen-bond donors (Lipinski definition) is 3. The van der Waals surface area contributed by atoms with E-state index in [1.807, 2.05) is 54.8 Å². The molecule has 158 valence electrons. The minimum atomic E-state index is -0.376. The number of aryl methyl sites for hydroxylation is 1. The van der Waals surface area contributed by atoms with Crippen LogP contribution in [0.25, 0.3) is 17.2 Å². The van der Waals surface area contributed by atoms with Gasteiger partial charge in [-0.05, 0) is 24.8 Å². The molecule has 0 aliphatic heterocycles. The van der Waals surface area contributed by atoms with Crippen LogP contribution in [0.5, 0.6) is 0 Å². The van der Waals surface area contributed by atoms with Gasteiger partial charge >= 0.3 is 6.03 Å². The molecule has 2 amide bonds. The lowest BCUT2D eigenvalue weighted by Crippen LogP contribution is -2.29. The first-order valence-electron chi connectivity index (χ1n) is 9.88. The number of thiophene rings is 1. The van der Waals surface area contributed by atoms with Gasteiger partial charge in [-0.3, -0.25) is 15.1 Å². The maximum atomic E-state index is 12.5. The standard InChI is InChI=1S/C22H22N6O2S/c1-3-17-14(2)24-21(26-20(17)29)28-19(12-18(27-28)15-8-5-4-6-9-15)25-22(30)23-13-16-10-7-11-31-16/h4-12H,3,13H2,1-2H3,(H2,23,25,30)(H,24,26,29). The summed E-state index contributed by atoms with van der Waals surface area (Å²) in [6.45, 7) is 4.12. The number of H-pyrrole nitrogens is 1. The van der Waals surface area contributed by atoms with Crippen molar-refractivity contribution in [2.75, 3.05) is 5.32 Å². The molecule has 0 saturated carbocycles. The smallest absolute Gasteiger partial charge is 0.320 e. The molecule has 0 unspecified atom stereocenters. The molecule has 0 bridgehead atoms. The number of rotatable bonds is 6. The molecule has 31 heavy (non-hydrogen) atoms. The summed E-state index contributed by atoms with van der Waals surface area (Å²) in [5, 5.41) is 12.2. The summed E-state index contributed by atoms with van der Waals surface area (Å²) < 4.78 is 1.45. The van der Waals surface area contributed by atoms with E-state index in [4.69, 9.17) is 0 Å². The van der Waals surface area contributed by atoms with E-state index in [0.717, 1.165) is 10.4 Å². The van der Waals surface area contributed by atoms with Crippen LogP contribution in [-0.2, 0) is 13.0 Å². The molecule has 4 rings (SSSR count). The molecule has 1 aromatic carbocycles. The molecule has 0 aliphatic carbocycles. The molecule has 9 heteroatoms. The van der Waals surface area contributed by atoms with Crippen LogP contribution in [0.3, 0.4) is 0 Å². The summed E-state index contributed by atoms with van der Waals surface area (Å²) in [5.74, 6) is 0.643. The van der Waals surface area contributed by atoms with Gasteiger partial charge in [-0.25, -0.2) is 9.78 Å². The highest BCUT2D eigenvalue weighted by Crippen LogP contribution is 2.23. The minimum absolute atomic E-state index is 0.213. The van der Waals surface area contributed by atoms with E-state index in [0.29, 0.717) is 35.7 Å². The maximum Gasteiger partial charge on any atom is 0.320 e. The van der Waals surface area contributed by atoms with Gasteiger partial charge in [-0.2, -0.15) is 9.78 Å². The highest BCUT2D eigenvalue weighted by molar-refractivity contribution is 7.09. The highest BCUT2D eigenvalue weighted by atomic mass is 32.1. The first-order chi connectivity index (χ1) is 15.0. The maximum absolute atomic E-state index is 12.5. The monoisotopic (exact) mass is 434 g/mol. The molecule has 3 aromatic heterocycles. The molecule has 0 radical (unpaired) electrons. The van der Waals surface area contributed by atoms with Gasteiger partial charge in [0.25, 0.3) is 5.56 Å². The first kappa shape index (κ1) is 20.5. The summed E-state index contributed by atoms with van der Waals surface area (Å²) in [7, 11) is 0. The van der Waals surface area contributed by atoms with Crippen LogP contribution in [0.15, 0.2) is 58.7 Å². The van der Waals surface area contributed by atoms with Crippen molar-refractivity contribution in [3.8, 4) is 17.2 Å². The average Bonchev–Trinajstić information content (AvgIpc) is 3.43. The Bertz CT molecular complexity index is 1250. The fraction of sp³-hybridized carbons (Fsp3) is 0.182. The average molecular weight is 435 g/mol. The van der Waals surface area contributed by atoms with E-state index in [9.17, 15) is 9.59 Å². The zero-order valence-corrected chi connectivity index (χ0v) is 18.0. The largest absolute Gasteiger partial charge is 0.333 e. The number of aromatic nitrogens is 4. The SMILES string of the molecule is CCc1c(C)nc(-n2nc(-c3ccccc3)cc2NC(=O)NCc2cccs2)[nH]c1=O. The van der Waals surface area contributed by atoms with E-state index in [1.54, 1.807) is 24.3 Å². The quantitative estimate of drug-likeness (QED) is 0.428. The topological polar surface area (TPSA) is 105 Å². The lowest BCUT2D eigenvalue weighted by molar-refractivity contribution is 0.251. The Morgan fingerprint density at radius 2 is 2.00 bits per heavy atom. The van der Waals surface area contributed by atoms with Crippen LogP contribution < -0.4 is 16.2 Å². The van der Waals surface area contributed by atoms with Crippen LogP contribution in [0.2, 0.25) is 0 Å². The van der Waals surface area contributed by atoms with E-state index in [2.05, 4.69) is 25.7 Å². The molecule has 0 fully saturated rings. The molecule has 0 aliphatic rings. The lowest BCUT2D eigenvalue weighted by Gasteiger charge is -2.10. The summed E-state index contributed by atoms with van der Waals surface area (Å²) in [4.78, 5) is 33.3. The number of nitrogens with zero attached hydrogens (tertiary/aromatic N) is 3. The number of nitrogens with one attached hydrogen (secondary N) is 3. The van der Waals surface area contributed by atoms with Crippen LogP contribution in [0.1, 0.15) is 23.1 Å². The van der Waals surface area contributed by atoms with Gasteiger partial charge in [0.2, 0.25) is 5.95 Å². The van der Waals surface area contributed by atoms with Crippen molar-refractivity contribution in [1.82, 2.24) is 25.1 Å². The second-order valence-corrected chi connectivity index (χ2v) is 7.92. The van der Waals surface area contributed by atoms with Crippen molar-refractivity contribution in [2.45, 2.75) is 26.8 Å². The number of carbonyl (C=O) groups excluding carboxylic acids is 1. The predicted molar refractivity (Wildman–Crippen MR) is 122 cm³/mol. The molecule has 0 saturated heterocycles. The highest BCUT2D eigenvalue weighted by Gasteiger charge is 2.17. The zero-order chi connectivity index (χ0) is 21.8. The second kappa shape index (κ2) is 8.97. The summed E-state index contributed by atoms with van der Waals surface area (Å²) >= 11 is 1.57. The second-order valence-electron chi connectivity index (χ2n) is 6.89. The van der Waals surface area contributed by atoms with Gasteiger partial charge in [-0.1, -0.05) is 43.3 Å². The molecule has 0 spiro atoms. The van der Waals surface area contributed by atoms with Gasteiger partial charge in [0.15, 0.2) is 0 Å². The van der Waals surface area contributed by atoms with Crippen molar-refractivity contribution in [3.63, 3.8) is 0 Å². The van der Waals surface area contributed by atoms with Gasteiger partial charge in [0.1, 0.15) is 5.82 Å². The van der Waals surface area contributed by atoms with E-state index in [-0.39, 0.29) is 17.5 Å². The van der Waals surface area contributed by atoms with Crippen molar-refractivity contribution in [2.24, 2.45) is 0 Å². The number of urea groups is 1. The number of carbonyl (C=O) groups is 1. The van der Waals surface area contributed by atoms with Crippen LogP contribution in [-0.4, -0.2) is 25.8 Å². The number of hydrogen-bond acceptors (Lipinski definition) is 5. The van der Waals surface area contributed by atoms with Gasteiger partial charge in [0.05, 0.1) is 12.2 Å². The Labute approximate surface area is 183 Å². The van der Waals surface area contributed by atoms with Crippen LogP contribution in [0, 0.1) is 6.92 Å². The fourth-order valence-electron chi connectivity index (χ4n) is 3.23. The molecular weight excluding hydrogens is 412 g/mol. The molecule has 3 heterocycles. The van der Waals surface area contributed by atoms with Gasteiger partial charge < -0.3 is 5.32 Å². The molecular formula is C22H22N6O2S. The molecule has 0 atom stereocenters. The summed E-state index contributed by atoms with van der Waals surface area (Å²) in [6.07, 6.45) is 0.582. The first-order valence-corrected chi connectivity index (χ1v) is 10.8. The van der Waals surface area contributed by atoms with E-state index < -0.39 is 0 Å². The minimum Gasteiger partial charge on any atom is -0.333 e. The van der Waals surface area contributed by atoms with E-state index >= 15 is 0 Å². The third-order valence-electron chi connectivity index (χ3n) is 4.79. The Morgan fingerprint density at radius 1 is 1.19 bits per heavy atom. The molecule has 8 nitrogen and oxygen atoms in total. The van der Waals surface area contributed by atoms with Crippen molar-refractivity contribution < 1.29 is 4.79 Å². The Kier molecular flexibility index (Phi) is 5.94. The summed E-state index contributed by atoms with van der Waals surface area (Å²) in [5.41, 5.74) is 2.57. The number of amides is 2. The number of anilines is 1. The Morgan fingerprint density at radius 3 is 2.68 bits per heavy atom. The summed E-state index contributed by atoms with van der Waals surface area (Å²) in [6, 6.07) is 14.9. The van der Waals surface area contributed by atoms with Crippen molar-refractivity contribution >= 4 is 23.2 Å². The number of benzene rings is 1. The van der Waals surface area contributed by atoms with Gasteiger partial charge in [0, 0.05) is 27.8 Å². The third-order valence-corrected chi connectivity index (χ3v) is 5.66. The lowest BCUT2D eigenvalue weighted by atomic mass is 10.2. The van der Waals surface area contributed by atoms with Crippen LogP contribution in [0.4, 0.5) is 10.6 Å².